The molecule has 2 rings (SSSR count). The van der Waals surface area contributed by atoms with Gasteiger partial charge in [-0.2, -0.15) is 0 Å². The monoisotopic (exact) mass is 357 g/mol. The van der Waals surface area contributed by atoms with Gasteiger partial charge in [-0.25, -0.2) is 4.79 Å². The third-order valence-corrected chi connectivity index (χ3v) is 3.92. The van der Waals surface area contributed by atoms with Crippen molar-refractivity contribution >= 4 is 11.9 Å². The van der Waals surface area contributed by atoms with Crippen molar-refractivity contribution < 1.29 is 23.8 Å². The second-order valence-corrected chi connectivity index (χ2v) is 5.76. The Morgan fingerprint density at radius 3 is 2.42 bits per heavy atom. The maximum Gasteiger partial charge on any atom is 0.337 e. The number of carbonyl (C=O) groups excluding carboxylic acids is 2. The Labute approximate surface area is 153 Å². The molecule has 0 saturated heterocycles. The number of hydrogen-bond donors (Lipinski definition) is 1. The fourth-order valence-corrected chi connectivity index (χ4v) is 2.39. The number of hydrogen-bond acceptors (Lipinski definition) is 5. The van der Waals surface area contributed by atoms with Crippen LogP contribution in [0.4, 0.5) is 0 Å². The molecular weight excluding hydrogens is 334 g/mol. The van der Waals surface area contributed by atoms with Gasteiger partial charge in [-0.3, -0.25) is 4.79 Å². The highest BCUT2D eigenvalue weighted by Gasteiger charge is 2.13. The van der Waals surface area contributed by atoms with Crippen molar-refractivity contribution in [2.45, 2.75) is 12.8 Å². The van der Waals surface area contributed by atoms with Crippen LogP contribution in [0.3, 0.4) is 0 Å². The van der Waals surface area contributed by atoms with Crippen LogP contribution < -0.4 is 14.8 Å². The van der Waals surface area contributed by atoms with Crippen molar-refractivity contribution in [1.29, 1.82) is 0 Å². The molecule has 2 aromatic carbocycles. The number of carbonyl (C=O) groups is 2. The molecule has 0 aliphatic carbocycles. The molecule has 0 heterocycles. The molecule has 26 heavy (non-hydrogen) atoms. The summed E-state index contributed by atoms with van der Waals surface area (Å²) in [6.07, 6.45) is 0. The van der Waals surface area contributed by atoms with E-state index in [9.17, 15) is 9.59 Å². The predicted octanol–water partition coefficient (Wildman–Crippen LogP) is 2.78. The Morgan fingerprint density at radius 1 is 1.04 bits per heavy atom. The zero-order chi connectivity index (χ0) is 18.9. The molecule has 1 N–H and O–H groups in total. The third kappa shape index (κ3) is 5.24. The number of nitrogens with one attached hydrogen (secondary N) is 1. The van der Waals surface area contributed by atoms with Crippen LogP contribution in [0.25, 0.3) is 0 Å². The number of benzene rings is 2. The minimum atomic E-state index is -0.470. The summed E-state index contributed by atoms with van der Waals surface area (Å²) in [5.74, 6) is 0.244. The zero-order valence-corrected chi connectivity index (χ0v) is 15.2. The highest BCUT2D eigenvalue weighted by molar-refractivity contribution is 5.90. The van der Waals surface area contributed by atoms with E-state index in [4.69, 9.17) is 9.47 Å². The van der Waals surface area contributed by atoms with Crippen LogP contribution >= 0.6 is 0 Å². The predicted molar refractivity (Wildman–Crippen MR) is 97.7 cm³/mol. The Bertz CT molecular complexity index is 745. The fraction of sp³-hybridized carbons (Fsp3) is 0.300. The van der Waals surface area contributed by atoms with Gasteiger partial charge in [0.25, 0.3) is 5.91 Å². The molecule has 6 heteroatoms. The van der Waals surface area contributed by atoms with Crippen LogP contribution in [0, 0.1) is 0 Å². The number of rotatable bonds is 8. The van der Waals surface area contributed by atoms with Crippen LogP contribution in [-0.2, 0) is 9.53 Å². The first kappa shape index (κ1) is 19.3. The lowest BCUT2D eigenvalue weighted by Crippen LogP contribution is -2.31. The Hall–Kier alpha value is -3.02. The Balaban J connectivity index is 1.88. The summed E-state index contributed by atoms with van der Waals surface area (Å²) in [6.45, 7) is 2.42. The Kier molecular flexibility index (Phi) is 7.02. The van der Waals surface area contributed by atoms with Crippen molar-refractivity contribution in [2.75, 3.05) is 27.4 Å². The quantitative estimate of drug-likeness (QED) is 0.736. The van der Waals surface area contributed by atoms with Crippen LogP contribution in [0.1, 0.15) is 28.8 Å². The molecule has 1 atom stereocenters. The standard InChI is InChI=1S/C20H23NO5/c1-14(15-7-5-4-6-8-15)12-21-19(22)13-26-17-10-9-16(20(23)25-3)11-18(17)24-2/h4-11,14H,12-13H2,1-3H3,(H,21,22). The summed E-state index contributed by atoms with van der Waals surface area (Å²) >= 11 is 0. The van der Waals surface area contributed by atoms with Gasteiger partial charge in [0.15, 0.2) is 18.1 Å². The third-order valence-electron chi connectivity index (χ3n) is 3.92. The molecule has 0 saturated carbocycles. The molecule has 0 radical (unpaired) electrons. The summed E-state index contributed by atoms with van der Waals surface area (Å²) in [6, 6.07) is 14.6. The van der Waals surface area contributed by atoms with Crippen LogP contribution in [-0.4, -0.2) is 39.2 Å². The second-order valence-electron chi connectivity index (χ2n) is 5.76. The van der Waals surface area contributed by atoms with Gasteiger partial charge in [0, 0.05) is 6.54 Å². The normalized spacial score (nSPS) is 11.3. The number of methoxy groups -OCH3 is 2. The highest BCUT2D eigenvalue weighted by atomic mass is 16.5. The lowest BCUT2D eigenvalue weighted by atomic mass is 10.0. The van der Waals surface area contributed by atoms with E-state index in [1.807, 2.05) is 37.3 Å². The van der Waals surface area contributed by atoms with E-state index in [0.29, 0.717) is 23.6 Å². The van der Waals surface area contributed by atoms with E-state index in [1.54, 1.807) is 12.1 Å². The van der Waals surface area contributed by atoms with Gasteiger partial charge >= 0.3 is 5.97 Å². The molecule has 0 fully saturated rings. The van der Waals surface area contributed by atoms with E-state index >= 15 is 0 Å². The highest BCUT2D eigenvalue weighted by Crippen LogP contribution is 2.28. The molecule has 0 aliphatic heterocycles. The number of amides is 1. The fourth-order valence-electron chi connectivity index (χ4n) is 2.39. The second kappa shape index (κ2) is 9.46. The summed E-state index contributed by atoms with van der Waals surface area (Å²) in [5, 5.41) is 2.85. The smallest absolute Gasteiger partial charge is 0.337 e. The summed E-state index contributed by atoms with van der Waals surface area (Å²) in [4.78, 5) is 23.6. The SMILES string of the molecule is COC(=O)c1ccc(OCC(=O)NCC(C)c2ccccc2)c(OC)c1. The molecule has 1 unspecified atom stereocenters. The largest absolute Gasteiger partial charge is 0.493 e. The lowest BCUT2D eigenvalue weighted by molar-refractivity contribution is -0.123. The van der Waals surface area contributed by atoms with Crippen LogP contribution in [0.5, 0.6) is 11.5 Å². The molecule has 0 spiro atoms. The van der Waals surface area contributed by atoms with E-state index in [0.717, 1.165) is 5.56 Å². The molecule has 6 nitrogen and oxygen atoms in total. The van der Waals surface area contributed by atoms with Crippen molar-refractivity contribution in [3.05, 3.63) is 59.7 Å². The summed E-state index contributed by atoms with van der Waals surface area (Å²) in [7, 11) is 2.77. The van der Waals surface area contributed by atoms with Crippen LogP contribution in [0.15, 0.2) is 48.5 Å². The van der Waals surface area contributed by atoms with Crippen molar-refractivity contribution in [2.24, 2.45) is 0 Å². The molecule has 138 valence electrons. The van der Waals surface area contributed by atoms with Crippen molar-refractivity contribution in [3.8, 4) is 11.5 Å². The first-order valence-corrected chi connectivity index (χ1v) is 8.26. The average molecular weight is 357 g/mol. The van der Waals surface area contributed by atoms with Crippen molar-refractivity contribution in [3.63, 3.8) is 0 Å². The molecular formula is C20H23NO5. The molecule has 1 amide bonds. The van der Waals surface area contributed by atoms with Gasteiger partial charge in [-0.15, -0.1) is 0 Å². The summed E-state index contributed by atoms with van der Waals surface area (Å²) < 4.78 is 15.4. The van der Waals surface area contributed by atoms with Gasteiger partial charge in [0.1, 0.15) is 0 Å². The van der Waals surface area contributed by atoms with E-state index in [2.05, 4.69) is 10.1 Å². The molecule has 0 aliphatic rings. The minimum absolute atomic E-state index is 0.143. The topological polar surface area (TPSA) is 73.9 Å². The van der Waals surface area contributed by atoms with Gasteiger partial charge in [0.05, 0.1) is 19.8 Å². The zero-order valence-electron chi connectivity index (χ0n) is 15.2. The Morgan fingerprint density at radius 2 is 1.77 bits per heavy atom. The number of ether oxygens (including phenoxy) is 3. The molecule has 2 aromatic rings. The van der Waals surface area contributed by atoms with Gasteiger partial charge < -0.3 is 19.5 Å². The maximum absolute atomic E-state index is 12.0. The first-order chi connectivity index (χ1) is 12.5. The van der Waals surface area contributed by atoms with E-state index in [1.165, 1.54) is 20.3 Å². The van der Waals surface area contributed by atoms with Crippen LogP contribution in [0.2, 0.25) is 0 Å². The maximum atomic E-state index is 12.0. The molecule has 0 aromatic heterocycles. The van der Waals surface area contributed by atoms with Gasteiger partial charge in [-0.1, -0.05) is 37.3 Å². The van der Waals surface area contributed by atoms with Gasteiger partial charge in [0.2, 0.25) is 0 Å². The average Bonchev–Trinajstić information content (AvgIpc) is 2.70. The van der Waals surface area contributed by atoms with Crippen molar-refractivity contribution in [1.82, 2.24) is 5.32 Å². The summed E-state index contributed by atoms with van der Waals surface area (Å²) in [5.41, 5.74) is 1.51. The lowest BCUT2D eigenvalue weighted by Gasteiger charge is -2.14. The first-order valence-electron chi connectivity index (χ1n) is 8.26. The number of esters is 1. The van der Waals surface area contributed by atoms with Gasteiger partial charge in [-0.05, 0) is 29.7 Å². The van der Waals surface area contributed by atoms with E-state index in [-0.39, 0.29) is 18.4 Å². The molecule has 0 bridgehead atoms. The minimum Gasteiger partial charge on any atom is -0.493 e. The van der Waals surface area contributed by atoms with E-state index < -0.39 is 5.97 Å².